The maximum Gasteiger partial charge on any atom is 0.252 e. The average molecular weight is 424 g/mol. The summed E-state index contributed by atoms with van der Waals surface area (Å²) in [6.07, 6.45) is 1.70. The summed E-state index contributed by atoms with van der Waals surface area (Å²) in [5.41, 5.74) is 0.809. The van der Waals surface area contributed by atoms with E-state index in [2.05, 4.69) is 15.4 Å². The number of anilines is 1. The molecule has 1 fully saturated rings. The van der Waals surface area contributed by atoms with Crippen molar-refractivity contribution in [2.24, 2.45) is 0 Å². The number of benzene rings is 1. The van der Waals surface area contributed by atoms with E-state index < -0.39 is 10.0 Å². The van der Waals surface area contributed by atoms with E-state index in [0.717, 1.165) is 12.8 Å². The number of ether oxygens (including phenoxy) is 1. The Morgan fingerprint density at radius 1 is 1.25 bits per heavy atom. The Balaban J connectivity index is 1.60. The molecule has 0 spiro atoms. The van der Waals surface area contributed by atoms with Crippen LogP contribution in [0.2, 0.25) is 0 Å². The fourth-order valence-corrected chi connectivity index (χ4v) is 4.41. The lowest BCUT2D eigenvalue weighted by Crippen LogP contribution is -2.27. The lowest BCUT2D eigenvalue weighted by molar-refractivity contribution is -0.116. The van der Waals surface area contributed by atoms with E-state index in [0.29, 0.717) is 11.3 Å². The van der Waals surface area contributed by atoms with Gasteiger partial charge in [0.15, 0.2) is 0 Å². The van der Waals surface area contributed by atoms with Gasteiger partial charge in [-0.2, -0.15) is 11.3 Å². The van der Waals surface area contributed by atoms with Crippen LogP contribution in [0.15, 0.2) is 39.9 Å². The molecule has 3 N–H and O–H groups in total. The van der Waals surface area contributed by atoms with Crippen molar-refractivity contribution < 1.29 is 22.7 Å². The van der Waals surface area contributed by atoms with E-state index in [1.807, 2.05) is 0 Å². The fraction of sp³-hybridized carbons (Fsp3) is 0.333. The van der Waals surface area contributed by atoms with Gasteiger partial charge in [0.2, 0.25) is 15.9 Å². The number of hydrogen-bond donors (Lipinski definition) is 3. The third kappa shape index (κ3) is 5.31. The van der Waals surface area contributed by atoms with E-state index in [1.54, 1.807) is 16.8 Å². The largest absolute Gasteiger partial charge is 0.495 e. The Morgan fingerprint density at radius 2 is 2.04 bits per heavy atom. The van der Waals surface area contributed by atoms with Gasteiger partial charge in [0, 0.05) is 30.0 Å². The predicted octanol–water partition coefficient (Wildman–Crippen LogP) is 1.96. The molecule has 0 bridgehead atoms. The van der Waals surface area contributed by atoms with Crippen LogP contribution in [0.3, 0.4) is 0 Å². The number of methoxy groups -OCH3 is 1. The number of amides is 2. The van der Waals surface area contributed by atoms with E-state index in [4.69, 9.17) is 4.74 Å². The van der Waals surface area contributed by atoms with Crippen LogP contribution in [0.1, 0.15) is 29.6 Å². The summed E-state index contributed by atoms with van der Waals surface area (Å²) in [6, 6.07) is 5.98. The zero-order valence-electron chi connectivity index (χ0n) is 15.2. The SMILES string of the molecule is COc1ccc(S(=O)(=O)NC2CC2)cc1NC(=O)CCNC(=O)c1ccsc1. The number of nitrogens with one attached hydrogen (secondary N) is 3. The van der Waals surface area contributed by atoms with Gasteiger partial charge in [-0.05, 0) is 42.5 Å². The molecule has 1 heterocycles. The Hall–Kier alpha value is -2.43. The van der Waals surface area contributed by atoms with Gasteiger partial charge in [0.25, 0.3) is 5.91 Å². The van der Waals surface area contributed by atoms with Gasteiger partial charge >= 0.3 is 0 Å². The van der Waals surface area contributed by atoms with Crippen LogP contribution >= 0.6 is 11.3 Å². The van der Waals surface area contributed by atoms with Crippen LogP contribution in [-0.4, -0.2) is 39.9 Å². The molecule has 8 nitrogen and oxygen atoms in total. The second-order valence-corrected chi connectivity index (χ2v) is 8.82. The molecular weight excluding hydrogens is 402 g/mol. The molecule has 10 heteroatoms. The minimum absolute atomic E-state index is 0.0167. The maximum atomic E-state index is 12.4. The van der Waals surface area contributed by atoms with Gasteiger partial charge in [-0.1, -0.05) is 0 Å². The van der Waals surface area contributed by atoms with E-state index in [1.165, 1.54) is 36.6 Å². The quantitative estimate of drug-likeness (QED) is 0.571. The minimum Gasteiger partial charge on any atom is -0.495 e. The number of thiophene rings is 1. The summed E-state index contributed by atoms with van der Waals surface area (Å²) >= 11 is 1.42. The number of carbonyl (C=O) groups excluding carboxylic acids is 2. The highest BCUT2D eigenvalue weighted by atomic mass is 32.2. The van der Waals surface area contributed by atoms with Crippen molar-refractivity contribution in [1.82, 2.24) is 10.0 Å². The van der Waals surface area contributed by atoms with Crippen LogP contribution in [0.25, 0.3) is 0 Å². The number of carbonyl (C=O) groups is 2. The Bertz CT molecular complexity index is 954. The molecule has 1 aliphatic carbocycles. The summed E-state index contributed by atoms with van der Waals surface area (Å²) in [4.78, 5) is 24.1. The average Bonchev–Trinajstić information content (AvgIpc) is 3.28. The second kappa shape index (κ2) is 8.72. The molecule has 1 aliphatic rings. The molecule has 2 aromatic rings. The molecule has 0 aliphatic heterocycles. The molecule has 28 heavy (non-hydrogen) atoms. The Morgan fingerprint density at radius 3 is 2.68 bits per heavy atom. The van der Waals surface area contributed by atoms with Crippen molar-refractivity contribution in [2.45, 2.75) is 30.2 Å². The van der Waals surface area contributed by atoms with Crippen molar-refractivity contribution >= 4 is 38.9 Å². The molecule has 2 amide bonds. The first-order chi connectivity index (χ1) is 13.4. The standard InChI is InChI=1S/C18H21N3O5S2/c1-26-16-5-4-14(28(24,25)21-13-2-3-13)10-15(16)20-17(22)6-8-19-18(23)12-7-9-27-11-12/h4-5,7,9-11,13,21H,2-3,6,8H2,1H3,(H,19,23)(H,20,22). The number of rotatable bonds is 9. The van der Waals surface area contributed by atoms with Crippen LogP contribution in [0.5, 0.6) is 5.75 Å². The molecular formula is C18H21N3O5S2. The van der Waals surface area contributed by atoms with Gasteiger partial charge in [0.05, 0.1) is 17.7 Å². The molecule has 0 radical (unpaired) electrons. The maximum absolute atomic E-state index is 12.4. The fourth-order valence-electron chi connectivity index (χ4n) is 2.44. The zero-order chi connectivity index (χ0) is 20.1. The van der Waals surface area contributed by atoms with Gasteiger partial charge < -0.3 is 15.4 Å². The van der Waals surface area contributed by atoms with Gasteiger partial charge in [0.1, 0.15) is 5.75 Å². The van der Waals surface area contributed by atoms with Crippen LogP contribution in [0, 0.1) is 0 Å². The third-order valence-corrected chi connectivity index (χ3v) is 6.28. The lowest BCUT2D eigenvalue weighted by Gasteiger charge is -2.13. The Kier molecular flexibility index (Phi) is 6.32. The smallest absolute Gasteiger partial charge is 0.252 e. The van der Waals surface area contributed by atoms with Crippen molar-refractivity contribution in [3.8, 4) is 5.75 Å². The van der Waals surface area contributed by atoms with Gasteiger partial charge in [-0.3, -0.25) is 9.59 Å². The van der Waals surface area contributed by atoms with Crippen LogP contribution < -0.4 is 20.1 Å². The highest BCUT2D eigenvalue weighted by Crippen LogP contribution is 2.29. The number of sulfonamides is 1. The molecule has 3 rings (SSSR count). The predicted molar refractivity (Wildman–Crippen MR) is 106 cm³/mol. The van der Waals surface area contributed by atoms with Crippen LogP contribution in [0.4, 0.5) is 5.69 Å². The normalized spacial score (nSPS) is 13.8. The van der Waals surface area contributed by atoms with Crippen molar-refractivity contribution in [3.63, 3.8) is 0 Å². The lowest BCUT2D eigenvalue weighted by atomic mass is 10.2. The highest BCUT2D eigenvalue weighted by Gasteiger charge is 2.28. The summed E-state index contributed by atoms with van der Waals surface area (Å²) in [5.74, 6) is -0.263. The summed E-state index contributed by atoms with van der Waals surface area (Å²) < 4.78 is 32.5. The van der Waals surface area contributed by atoms with Gasteiger partial charge in [-0.25, -0.2) is 13.1 Å². The summed E-state index contributed by atoms with van der Waals surface area (Å²) in [5, 5.41) is 8.83. The monoisotopic (exact) mass is 423 g/mol. The Labute approximate surface area is 167 Å². The molecule has 0 atom stereocenters. The highest BCUT2D eigenvalue weighted by molar-refractivity contribution is 7.89. The minimum atomic E-state index is -3.65. The first kappa shape index (κ1) is 20.3. The summed E-state index contributed by atoms with van der Waals surface area (Å²) in [7, 11) is -2.21. The summed E-state index contributed by atoms with van der Waals surface area (Å²) in [6.45, 7) is 0.157. The van der Waals surface area contributed by atoms with E-state index >= 15 is 0 Å². The van der Waals surface area contributed by atoms with Crippen molar-refractivity contribution in [3.05, 3.63) is 40.6 Å². The molecule has 1 saturated carbocycles. The van der Waals surface area contributed by atoms with Gasteiger partial charge in [-0.15, -0.1) is 0 Å². The molecule has 150 valence electrons. The van der Waals surface area contributed by atoms with Crippen molar-refractivity contribution in [1.29, 1.82) is 0 Å². The molecule has 1 aromatic carbocycles. The third-order valence-electron chi connectivity index (χ3n) is 4.08. The first-order valence-electron chi connectivity index (χ1n) is 8.69. The van der Waals surface area contributed by atoms with E-state index in [-0.39, 0.29) is 41.4 Å². The zero-order valence-corrected chi connectivity index (χ0v) is 16.9. The van der Waals surface area contributed by atoms with E-state index in [9.17, 15) is 18.0 Å². The van der Waals surface area contributed by atoms with Crippen molar-refractivity contribution in [2.75, 3.05) is 19.0 Å². The van der Waals surface area contributed by atoms with Crippen LogP contribution in [-0.2, 0) is 14.8 Å². The second-order valence-electron chi connectivity index (χ2n) is 6.32. The first-order valence-corrected chi connectivity index (χ1v) is 11.1. The number of hydrogen-bond acceptors (Lipinski definition) is 6. The molecule has 0 unspecified atom stereocenters. The topological polar surface area (TPSA) is 114 Å². The molecule has 0 saturated heterocycles. The molecule has 1 aromatic heterocycles.